The first kappa shape index (κ1) is 18.3. The maximum Gasteiger partial charge on any atom is 0.410 e. The summed E-state index contributed by atoms with van der Waals surface area (Å²) in [6, 6.07) is 8.07. The number of aryl methyl sites for hydroxylation is 1. The first-order valence-electron chi connectivity index (χ1n) is 8.34. The van der Waals surface area contributed by atoms with Crippen molar-refractivity contribution in [2.75, 3.05) is 20.2 Å². The number of ether oxygens (including phenoxy) is 2. The largest absolute Gasteiger partial charge is 0.469 e. The number of piperidine rings is 1. The number of carbonyl (C=O) groups excluding carboxylic acids is 2. The van der Waals surface area contributed by atoms with Gasteiger partial charge in [0.05, 0.1) is 13.0 Å². The Bertz CT molecular complexity index is 606. The maximum atomic E-state index is 12.3. The molecule has 132 valence electrons. The van der Waals surface area contributed by atoms with E-state index in [4.69, 9.17) is 9.47 Å². The summed E-state index contributed by atoms with van der Waals surface area (Å²) in [6.07, 6.45) is 0.337. The van der Waals surface area contributed by atoms with Crippen molar-refractivity contribution in [1.29, 1.82) is 0 Å². The Balaban J connectivity index is 2.21. The summed E-state index contributed by atoms with van der Waals surface area (Å²) < 4.78 is 10.4. The van der Waals surface area contributed by atoms with E-state index >= 15 is 0 Å². The summed E-state index contributed by atoms with van der Waals surface area (Å²) in [7, 11) is 1.39. The third-order valence-electron chi connectivity index (χ3n) is 4.36. The van der Waals surface area contributed by atoms with Crippen LogP contribution in [0.15, 0.2) is 24.3 Å². The number of methoxy groups -OCH3 is 1. The van der Waals surface area contributed by atoms with E-state index < -0.39 is 5.60 Å². The highest BCUT2D eigenvalue weighted by Crippen LogP contribution is 2.35. The van der Waals surface area contributed by atoms with Crippen LogP contribution >= 0.6 is 0 Å². The van der Waals surface area contributed by atoms with Crippen LogP contribution in [-0.4, -0.2) is 42.8 Å². The molecule has 0 aliphatic carbocycles. The van der Waals surface area contributed by atoms with Crippen LogP contribution in [-0.2, 0) is 14.3 Å². The lowest BCUT2D eigenvalue weighted by Crippen LogP contribution is -2.47. The van der Waals surface area contributed by atoms with Crippen LogP contribution in [0.4, 0.5) is 4.79 Å². The van der Waals surface area contributed by atoms with Gasteiger partial charge in [0.15, 0.2) is 0 Å². The fraction of sp³-hybridized carbons (Fsp3) is 0.579. The van der Waals surface area contributed by atoms with Crippen molar-refractivity contribution in [3.63, 3.8) is 0 Å². The van der Waals surface area contributed by atoms with Gasteiger partial charge in [-0.1, -0.05) is 24.3 Å². The molecule has 24 heavy (non-hydrogen) atoms. The van der Waals surface area contributed by atoms with Crippen molar-refractivity contribution in [2.24, 2.45) is 5.92 Å². The molecular formula is C19H27NO4. The molecule has 0 radical (unpaired) electrons. The van der Waals surface area contributed by atoms with Crippen LogP contribution in [0.5, 0.6) is 0 Å². The predicted molar refractivity (Wildman–Crippen MR) is 91.9 cm³/mol. The molecule has 1 aliphatic rings. The second-order valence-electron chi connectivity index (χ2n) is 7.31. The van der Waals surface area contributed by atoms with Gasteiger partial charge in [-0.15, -0.1) is 0 Å². The van der Waals surface area contributed by atoms with Gasteiger partial charge in [0.2, 0.25) is 0 Å². The number of rotatable bonds is 2. The average molecular weight is 333 g/mol. The quantitative estimate of drug-likeness (QED) is 0.777. The fourth-order valence-electron chi connectivity index (χ4n) is 3.21. The Kier molecular flexibility index (Phi) is 5.52. The smallest absolute Gasteiger partial charge is 0.410 e. The highest BCUT2D eigenvalue weighted by atomic mass is 16.6. The fourth-order valence-corrected chi connectivity index (χ4v) is 3.21. The predicted octanol–water partition coefficient (Wildman–Crippen LogP) is 3.51. The van der Waals surface area contributed by atoms with E-state index in [-0.39, 0.29) is 23.9 Å². The van der Waals surface area contributed by atoms with Crippen molar-refractivity contribution in [3.05, 3.63) is 35.4 Å². The summed E-state index contributed by atoms with van der Waals surface area (Å²) in [5, 5.41) is 0. The molecule has 0 spiro atoms. The minimum absolute atomic E-state index is 0.0531. The number of nitrogens with zero attached hydrogens (tertiary/aromatic N) is 1. The lowest BCUT2D eigenvalue weighted by Gasteiger charge is -2.38. The minimum Gasteiger partial charge on any atom is -0.469 e. The molecule has 1 aliphatic heterocycles. The highest BCUT2D eigenvalue weighted by Gasteiger charge is 2.39. The third-order valence-corrected chi connectivity index (χ3v) is 4.36. The lowest BCUT2D eigenvalue weighted by atomic mass is 9.79. The van der Waals surface area contributed by atoms with E-state index in [0.29, 0.717) is 19.5 Å². The Morgan fingerprint density at radius 2 is 1.88 bits per heavy atom. The minimum atomic E-state index is -0.551. The van der Waals surface area contributed by atoms with E-state index in [9.17, 15) is 9.59 Å². The summed E-state index contributed by atoms with van der Waals surface area (Å²) >= 11 is 0. The molecule has 2 rings (SSSR count). The average Bonchev–Trinajstić information content (AvgIpc) is 2.52. The molecule has 1 saturated heterocycles. The number of hydrogen-bond acceptors (Lipinski definition) is 4. The van der Waals surface area contributed by atoms with Crippen molar-refractivity contribution in [1.82, 2.24) is 4.90 Å². The molecule has 1 heterocycles. The van der Waals surface area contributed by atoms with Crippen LogP contribution in [0.3, 0.4) is 0 Å². The van der Waals surface area contributed by atoms with Crippen molar-refractivity contribution in [3.8, 4) is 0 Å². The van der Waals surface area contributed by atoms with Crippen molar-refractivity contribution < 1.29 is 19.1 Å². The van der Waals surface area contributed by atoms with Crippen molar-refractivity contribution in [2.45, 2.75) is 45.6 Å². The lowest BCUT2D eigenvalue weighted by molar-refractivity contribution is -0.148. The number of carbonyl (C=O) groups is 2. The zero-order valence-electron chi connectivity index (χ0n) is 15.2. The molecule has 0 unspecified atom stereocenters. The van der Waals surface area contributed by atoms with E-state index in [2.05, 4.69) is 6.07 Å². The topological polar surface area (TPSA) is 55.8 Å². The van der Waals surface area contributed by atoms with Crippen LogP contribution in [0.1, 0.15) is 44.2 Å². The summed E-state index contributed by atoms with van der Waals surface area (Å²) in [5.41, 5.74) is 1.75. The third kappa shape index (κ3) is 4.28. The SMILES string of the molecule is COC(=O)[C@H]1CN(C(=O)OC(C)(C)C)CC[C@H]1c1ccccc1C. The second-order valence-corrected chi connectivity index (χ2v) is 7.31. The number of likely N-dealkylation sites (tertiary alicyclic amines) is 1. The standard InChI is InChI=1S/C19H27NO4/c1-13-8-6-7-9-14(13)15-10-11-20(12-16(15)17(21)23-5)18(22)24-19(2,3)4/h6-9,15-16H,10-12H2,1-5H3/t15-,16-/m0/s1. The monoisotopic (exact) mass is 333 g/mol. The van der Waals surface area contributed by atoms with Gasteiger partial charge in [0, 0.05) is 19.0 Å². The molecule has 1 aromatic carbocycles. The maximum absolute atomic E-state index is 12.3. The van der Waals surface area contributed by atoms with E-state index in [0.717, 1.165) is 11.1 Å². The first-order chi connectivity index (χ1) is 11.2. The molecule has 5 nitrogen and oxygen atoms in total. The summed E-state index contributed by atoms with van der Waals surface area (Å²) in [6.45, 7) is 8.44. The Labute approximate surface area is 143 Å². The number of hydrogen-bond donors (Lipinski definition) is 0. The van der Waals surface area contributed by atoms with E-state index in [1.807, 2.05) is 45.9 Å². The normalized spacial score (nSPS) is 21.3. The number of amides is 1. The van der Waals surface area contributed by atoms with E-state index in [1.54, 1.807) is 4.90 Å². The number of esters is 1. The van der Waals surface area contributed by atoms with Gasteiger partial charge in [0.25, 0.3) is 0 Å². The van der Waals surface area contributed by atoms with Crippen LogP contribution in [0, 0.1) is 12.8 Å². The first-order valence-corrected chi connectivity index (χ1v) is 8.34. The second kappa shape index (κ2) is 7.24. The van der Waals surface area contributed by atoms with Gasteiger partial charge in [0.1, 0.15) is 5.60 Å². The summed E-state index contributed by atoms with van der Waals surface area (Å²) in [4.78, 5) is 26.3. The van der Waals surface area contributed by atoms with Crippen LogP contribution < -0.4 is 0 Å². The molecule has 0 aromatic heterocycles. The zero-order chi connectivity index (χ0) is 17.9. The van der Waals surface area contributed by atoms with Gasteiger partial charge in [-0.3, -0.25) is 4.79 Å². The van der Waals surface area contributed by atoms with Crippen LogP contribution in [0.2, 0.25) is 0 Å². The Hall–Kier alpha value is -2.04. The molecule has 2 atom stereocenters. The van der Waals surface area contributed by atoms with E-state index in [1.165, 1.54) is 7.11 Å². The van der Waals surface area contributed by atoms with Gasteiger partial charge < -0.3 is 14.4 Å². The molecule has 0 N–H and O–H groups in total. The van der Waals surface area contributed by atoms with Gasteiger partial charge in [-0.25, -0.2) is 4.79 Å². The molecule has 1 amide bonds. The van der Waals surface area contributed by atoms with Crippen molar-refractivity contribution >= 4 is 12.1 Å². The molecule has 5 heteroatoms. The molecule has 0 saturated carbocycles. The van der Waals surface area contributed by atoms with Crippen LogP contribution in [0.25, 0.3) is 0 Å². The van der Waals surface area contributed by atoms with Gasteiger partial charge in [-0.2, -0.15) is 0 Å². The Morgan fingerprint density at radius 3 is 2.46 bits per heavy atom. The molecule has 1 aromatic rings. The summed E-state index contributed by atoms with van der Waals surface area (Å²) in [5.74, 6) is -0.605. The highest BCUT2D eigenvalue weighted by molar-refractivity contribution is 5.76. The molecular weight excluding hydrogens is 306 g/mol. The molecule has 0 bridgehead atoms. The molecule has 1 fully saturated rings. The van der Waals surface area contributed by atoms with Gasteiger partial charge >= 0.3 is 12.1 Å². The Morgan fingerprint density at radius 1 is 1.21 bits per heavy atom. The van der Waals surface area contributed by atoms with Gasteiger partial charge in [-0.05, 0) is 45.2 Å². The zero-order valence-corrected chi connectivity index (χ0v) is 15.2. The number of benzene rings is 1.